The van der Waals surface area contributed by atoms with E-state index in [1.807, 2.05) is 5.32 Å². The molecule has 1 aliphatic rings. The number of aliphatic hydroxyl groups is 1. The zero-order chi connectivity index (χ0) is 20.5. The number of carbonyl (C=O) groups is 2. The zero-order valence-electron chi connectivity index (χ0n) is 13.0. The molecule has 0 aromatic heterocycles. The number of imide groups is 1. The Morgan fingerprint density at radius 1 is 1.11 bits per heavy atom. The van der Waals surface area contributed by atoms with E-state index in [0.717, 1.165) is 0 Å². The summed E-state index contributed by atoms with van der Waals surface area (Å²) in [6.45, 7) is -0.990. The van der Waals surface area contributed by atoms with E-state index in [-0.39, 0.29) is 12.1 Å². The lowest BCUT2D eigenvalue weighted by molar-refractivity contribution is -0.392. The fourth-order valence-electron chi connectivity index (χ4n) is 2.24. The number of halogens is 3. The molecule has 0 bridgehead atoms. The molecule has 144 valence electrons. The normalized spacial score (nSPS) is 14.4. The number of nitro groups is 2. The molecule has 0 atom stereocenters. The molecule has 0 radical (unpaired) electrons. The number of amides is 2. The maximum Gasteiger partial charge on any atom is 0.416 e. The molecule has 0 aliphatic carbocycles. The summed E-state index contributed by atoms with van der Waals surface area (Å²) in [6, 6.07) is 0.144. The number of β-amino-alcohol motifs (C(OH)–C–C–N with tert-alkyl or cyclic N) is 1. The highest BCUT2D eigenvalue weighted by Gasteiger charge is 2.39. The number of nitrogens with one attached hydrogen (secondary N) is 1. The van der Waals surface area contributed by atoms with E-state index in [2.05, 4.69) is 0 Å². The van der Waals surface area contributed by atoms with Crippen LogP contribution in [0.2, 0.25) is 0 Å². The number of anilines is 1. The third-order valence-electron chi connectivity index (χ3n) is 3.41. The van der Waals surface area contributed by atoms with Crippen molar-refractivity contribution >= 4 is 28.9 Å². The van der Waals surface area contributed by atoms with Crippen LogP contribution in [0.1, 0.15) is 5.56 Å². The first kappa shape index (κ1) is 19.8. The van der Waals surface area contributed by atoms with Crippen LogP contribution in [0.15, 0.2) is 23.9 Å². The predicted molar refractivity (Wildman–Crippen MR) is 80.3 cm³/mol. The molecule has 27 heavy (non-hydrogen) atoms. The molecule has 1 aromatic carbocycles. The van der Waals surface area contributed by atoms with Gasteiger partial charge >= 0.3 is 6.18 Å². The molecule has 2 rings (SSSR count). The van der Waals surface area contributed by atoms with Crippen LogP contribution in [0, 0.1) is 20.2 Å². The molecule has 1 heterocycles. The SMILES string of the molecule is O=C1C=C(Nc2c([N+](=O)[O-])cc(C(F)(F)F)cc2[N+](=O)[O-])C(=O)N1CCO. The van der Waals surface area contributed by atoms with E-state index in [4.69, 9.17) is 5.11 Å². The fraction of sp³-hybridized carbons (Fsp3) is 0.231. The van der Waals surface area contributed by atoms with Gasteiger partial charge in [-0.2, -0.15) is 13.2 Å². The first-order valence-electron chi connectivity index (χ1n) is 6.96. The number of nitro benzene ring substituents is 2. The second kappa shape index (κ2) is 6.99. The summed E-state index contributed by atoms with van der Waals surface area (Å²) in [5.41, 5.74) is -5.86. The van der Waals surface area contributed by atoms with Gasteiger partial charge in [0.1, 0.15) is 5.70 Å². The van der Waals surface area contributed by atoms with E-state index in [9.17, 15) is 43.0 Å². The Balaban J connectivity index is 2.58. The van der Waals surface area contributed by atoms with Gasteiger partial charge in [0, 0.05) is 18.2 Å². The Labute approximate surface area is 147 Å². The molecule has 1 aliphatic heterocycles. The minimum Gasteiger partial charge on any atom is -0.395 e. The second-order valence-corrected chi connectivity index (χ2v) is 5.10. The van der Waals surface area contributed by atoms with E-state index in [0.29, 0.717) is 11.0 Å². The summed E-state index contributed by atoms with van der Waals surface area (Å²) in [6.07, 6.45) is -4.44. The lowest BCUT2D eigenvalue weighted by atomic mass is 10.1. The minimum absolute atomic E-state index is 0.0721. The number of alkyl halides is 3. The molecule has 0 saturated heterocycles. The summed E-state index contributed by atoms with van der Waals surface area (Å²) in [5.74, 6) is -1.97. The molecular weight excluding hydrogens is 381 g/mol. The summed E-state index contributed by atoms with van der Waals surface area (Å²) in [4.78, 5) is 43.9. The van der Waals surface area contributed by atoms with Crippen LogP contribution in [0.25, 0.3) is 0 Å². The van der Waals surface area contributed by atoms with Gasteiger partial charge < -0.3 is 10.4 Å². The van der Waals surface area contributed by atoms with Gasteiger partial charge in [0.05, 0.1) is 28.6 Å². The standard InChI is InChI=1S/C13H9F3N4O7/c14-13(15,16)6-3-8(19(24)25)11(9(4-6)20(26)27)17-7-5-10(22)18(1-2-21)12(7)23/h3-5,17,21H,1-2H2. The van der Waals surface area contributed by atoms with Crippen LogP contribution in [0.5, 0.6) is 0 Å². The van der Waals surface area contributed by atoms with E-state index in [1.165, 1.54) is 0 Å². The Morgan fingerprint density at radius 3 is 2.04 bits per heavy atom. The van der Waals surface area contributed by atoms with Gasteiger partial charge in [-0.15, -0.1) is 0 Å². The van der Waals surface area contributed by atoms with Gasteiger partial charge in [-0.05, 0) is 0 Å². The Hall–Kier alpha value is -3.55. The van der Waals surface area contributed by atoms with Crippen molar-refractivity contribution in [1.82, 2.24) is 4.90 Å². The van der Waals surface area contributed by atoms with E-state index in [1.54, 1.807) is 0 Å². The molecule has 14 heteroatoms. The number of nitrogens with zero attached hydrogens (tertiary/aromatic N) is 3. The van der Waals surface area contributed by atoms with Crippen LogP contribution in [0.4, 0.5) is 30.2 Å². The number of carbonyl (C=O) groups excluding carboxylic acids is 2. The molecule has 0 saturated carbocycles. The van der Waals surface area contributed by atoms with Crippen molar-refractivity contribution in [2.24, 2.45) is 0 Å². The first-order valence-corrected chi connectivity index (χ1v) is 6.96. The maximum absolute atomic E-state index is 12.9. The zero-order valence-corrected chi connectivity index (χ0v) is 13.0. The Morgan fingerprint density at radius 2 is 1.63 bits per heavy atom. The van der Waals surface area contributed by atoms with Crippen molar-refractivity contribution in [3.63, 3.8) is 0 Å². The second-order valence-electron chi connectivity index (χ2n) is 5.10. The average molecular weight is 390 g/mol. The number of rotatable bonds is 6. The van der Waals surface area contributed by atoms with Gasteiger partial charge in [-0.25, -0.2) is 0 Å². The molecule has 2 N–H and O–H groups in total. The van der Waals surface area contributed by atoms with Crippen molar-refractivity contribution in [3.8, 4) is 0 Å². The van der Waals surface area contributed by atoms with E-state index >= 15 is 0 Å². The van der Waals surface area contributed by atoms with Crippen molar-refractivity contribution in [1.29, 1.82) is 0 Å². The quantitative estimate of drug-likeness (QED) is 0.417. The highest BCUT2D eigenvalue weighted by Crippen LogP contribution is 2.42. The fourth-order valence-corrected chi connectivity index (χ4v) is 2.24. The number of hydrogen-bond acceptors (Lipinski definition) is 8. The third kappa shape index (κ3) is 3.84. The Kier molecular flexibility index (Phi) is 5.12. The summed E-state index contributed by atoms with van der Waals surface area (Å²) < 4.78 is 38.6. The first-order chi connectivity index (χ1) is 12.5. The van der Waals surface area contributed by atoms with Crippen LogP contribution in [-0.2, 0) is 15.8 Å². The minimum atomic E-state index is -5.09. The largest absolute Gasteiger partial charge is 0.416 e. The van der Waals surface area contributed by atoms with Crippen LogP contribution in [-0.4, -0.2) is 44.8 Å². The van der Waals surface area contributed by atoms with E-state index < -0.39 is 69.3 Å². The Bertz CT molecular complexity index is 846. The lowest BCUT2D eigenvalue weighted by Gasteiger charge is -2.14. The van der Waals surface area contributed by atoms with Gasteiger partial charge in [-0.3, -0.25) is 34.7 Å². The van der Waals surface area contributed by atoms with Crippen molar-refractivity contribution in [2.45, 2.75) is 6.18 Å². The van der Waals surface area contributed by atoms with Gasteiger partial charge in [0.25, 0.3) is 23.2 Å². The summed E-state index contributed by atoms with van der Waals surface area (Å²) in [5, 5.41) is 33.1. The highest BCUT2D eigenvalue weighted by atomic mass is 19.4. The molecular formula is C13H9F3N4O7. The molecule has 2 amide bonds. The molecule has 0 unspecified atom stereocenters. The number of hydrogen-bond donors (Lipinski definition) is 2. The van der Waals surface area contributed by atoms with Gasteiger partial charge in [0.2, 0.25) is 0 Å². The van der Waals surface area contributed by atoms with Crippen LogP contribution < -0.4 is 5.32 Å². The predicted octanol–water partition coefficient (Wildman–Crippen LogP) is 1.18. The van der Waals surface area contributed by atoms with Crippen molar-refractivity contribution < 1.29 is 37.7 Å². The number of benzene rings is 1. The summed E-state index contributed by atoms with van der Waals surface area (Å²) >= 11 is 0. The maximum atomic E-state index is 12.9. The highest BCUT2D eigenvalue weighted by molar-refractivity contribution is 6.17. The molecule has 0 fully saturated rings. The van der Waals surface area contributed by atoms with Crippen molar-refractivity contribution in [3.05, 3.63) is 49.7 Å². The van der Waals surface area contributed by atoms with Crippen LogP contribution in [0.3, 0.4) is 0 Å². The molecule has 1 aromatic rings. The topological polar surface area (TPSA) is 156 Å². The monoisotopic (exact) mass is 390 g/mol. The third-order valence-corrected chi connectivity index (χ3v) is 3.41. The number of aliphatic hydroxyl groups excluding tert-OH is 1. The smallest absolute Gasteiger partial charge is 0.395 e. The van der Waals surface area contributed by atoms with Gasteiger partial charge in [0.15, 0.2) is 5.69 Å². The summed E-state index contributed by atoms with van der Waals surface area (Å²) in [7, 11) is 0. The van der Waals surface area contributed by atoms with Gasteiger partial charge in [-0.1, -0.05) is 0 Å². The van der Waals surface area contributed by atoms with Crippen LogP contribution >= 0.6 is 0 Å². The van der Waals surface area contributed by atoms with Crippen molar-refractivity contribution in [2.75, 3.05) is 18.5 Å². The average Bonchev–Trinajstić information content (AvgIpc) is 2.81. The lowest BCUT2D eigenvalue weighted by Crippen LogP contribution is -2.34. The molecule has 0 spiro atoms. The molecule has 11 nitrogen and oxygen atoms in total.